The highest BCUT2D eigenvalue weighted by molar-refractivity contribution is 6.30. The van der Waals surface area contributed by atoms with Gasteiger partial charge in [0, 0.05) is 23.6 Å². The van der Waals surface area contributed by atoms with Gasteiger partial charge in [0.15, 0.2) is 0 Å². The number of hydrogen-bond acceptors (Lipinski definition) is 3. The number of carbonyl (C=O) groups excluding carboxylic acids is 2. The molecule has 0 radical (unpaired) electrons. The molecule has 0 saturated carbocycles. The number of amides is 2. The van der Waals surface area contributed by atoms with Crippen molar-refractivity contribution >= 4 is 23.4 Å². The van der Waals surface area contributed by atoms with E-state index >= 15 is 0 Å². The molecule has 0 saturated heterocycles. The third-order valence-electron chi connectivity index (χ3n) is 4.43. The summed E-state index contributed by atoms with van der Waals surface area (Å²) < 4.78 is 5.18. The second-order valence-electron chi connectivity index (χ2n) is 6.93. The molecule has 0 heterocycles. The molecule has 1 unspecified atom stereocenters. The van der Waals surface area contributed by atoms with Crippen LogP contribution in [0.5, 0.6) is 5.75 Å². The fourth-order valence-corrected chi connectivity index (χ4v) is 2.97. The van der Waals surface area contributed by atoms with Crippen LogP contribution in [0.3, 0.4) is 0 Å². The summed E-state index contributed by atoms with van der Waals surface area (Å²) in [6, 6.07) is 14.4. The van der Waals surface area contributed by atoms with Crippen molar-refractivity contribution in [2.45, 2.75) is 32.7 Å². The molecule has 0 spiro atoms. The highest BCUT2D eigenvalue weighted by Gasteiger charge is 2.18. The van der Waals surface area contributed by atoms with E-state index in [1.807, 2.05) is 24.3 Å². The monoisotopic (exact) mass is 402 g/mol. The van der Waals surface area contributed by atoms with Crippen molar-refractivity contribution in [1.29, 1.82) is 0 Å². The maximum Gasteiger partial charge on any atom is 0.251 e. The first-order valence-electron chi connectivity index (χ1n) is 9.37. The second-order valence-corrected chi connectivity index (χ2v) is 7.37. The Hall–Kier alpha value is -2.53. The predicted octanol–water partition coefficient (Wildman–Crippen LogP) is 4.37. The van der Waals surface area contributed by atoms with Gasteiger partial charge < -0.3 is 15.4 Å². The van der Waals surface area contributed by atoms with Crippen molar-refractivity contribution in [3.05, 3.63) is 64.7 Å². The van der Waals surface area contributed by atoms with Crippen LogP contribution < -0.4 is 15.4 Å². The van der Waals surface area contributed by atoms with E-state index in [9.17, 15) is 9.59 Å². The van der Waals surface area contributed by atoms with E-state index in [0.717, 1.165) is 11.3 Å². The first-order chi connectivity index (χ1) is 13.4. The average molecular weight is 403 g/mol. The first-order valence-corrected chi connectivity index (χ1v) is 9.75. The third kappa shape index (κ3) is 6.57. The SMILES string of the molecule is COc1ccc(C(NC(=O)CCCNC(=O)c2ccc(Cl)cc2)C(C)C)cc1. The van der Waals surface area contributed by atoms with Gasteiger partial charge in [0.25, 0.3) is 5.91 Å². The fraction of sp³-hybridized carbons (Fsp3) is 0.364. The topological polar surface area (TPSA) is 67.4 Å². The van der Waals surface area contributed by atoms with E-state index in [2.05, 4.69) is 24.5 Å². The third-order valence-corrected chi connectivity index (χ3v) is 4.68. The minimum absolute atomic E-state index is 0.0322. The number of hydrogen-bond donors (Lipinski definition) is 2. The van der Waals surface area contributed by atoms with Gasteiger partial charge in [-0.1, -0.05) is 37.6 Å². The lowest BCUT2D eigenvalue weighted by Gasteiger charge is -2.23. The molecule has 2 N–H and O–H groups in total. The zero-order chi connectivity index (χ0) is 20.5. The molecular weight excluding hydrogens is 376 g/mol. The Morgan fingerprint density at radius 2 is 1.68 bits per heavy atom. The van der Waals surface area contributed by atoms with Gasteiger partial charge in [-0.3, -0.25) is 9.59 Å². The van der Waals surface area contributed by atoms with Crippen LogP contribution in [0.1, 0.15) is 48.7 Å². The quantitative estimate of drug-likeness (QED) is 0.612. The van der Waals surface area contributed by atoms with Crippen LogP contribution in [0, 0.1) is 5.92 Å². The summed E-state index contributed by atoms with van der Waals surface area (Å²) in [6.07, 6.45) is 0.916. The van der Waals surface area contributed by atoms with Crippen LogP contribution in [0.15, 0.2) is 48.5 Å². The molecule has 2 amide bonds. The van der Waals surface area contributed by atoms with Crippen molar-refractivity contribution in [2.24, 2.45) is 5.92 Å². The number of ether oxygens (including phenoxy) is 1. The van der Waals surface area contributed by atoms with Gasteiger partial charge in [-0.15, -0.1) is 0 Å². The maximum absolute atomic E-state index is 12.3. The lowest BCUT2D eigenvalue weighted by molar-refractivity contribution is -0.122. The molecule has 0 fully saturated rings. The molecule has 2 aromatic carbocycles. The van der Waals surface area contributed by atoms with Crippen molar-refractivity contribution < 1.29 is 14.3 Å². The Morgan fingerprint density at radius 3 is 2.25 bits per heavy atom. The minimum atomic E-state index is -0.171. The summed E-state index contributed by atoms with van der Waals surface area (Å²) in [5, 5.41) is 6.50. The van der Waals surface area contributed by atoms with Crippen molar-refractivity contribution in [1.82, 2.24) is 10.6 Å². The molecule has 0 bridgehead atoms. The summed E-state index contributed by atoms with van der Waals surface area (Å²) in [5.41, 5.74) is 1.59. The largest absolute Gasteiger partial charge is 0.497 e. The van der Waals surface area contributed by atoms with Gasteiger partial charge in [-0.25, -0.2) is 0 Å². The van der Waals surface area contributed by atoms with Crippen LogP contribution >= 0.6 is 11.6 Å². The number of nitrogens with one attached hydrogen (secondary N) is 2. The van der Waals surface area contributed by atoms with Crippen LogP contribution in [0.25, 0.3) is 0 Å². The van der Waals surface area contributed by atoms with E-state index in [-0.39, 0.29) is 23.8 Å². The fourth-order valence-electron chi connectivity index (χ4n) is 2.85. The molecule has 28 heavy (non-hydrogen) atoms. The molecular formula is C22H27ClN2O3. The maximum atomic E-state index is 12.3. The summed E-state index contributed by atoms with van der Waals surface area (Å²) in [6.45, 7) is 4.58. The van der Waals surface area contributed by atoms with E-state index < -0.39 is 0 Å². The van der Waals surface area contributed by atoms with Gasteiger partial charge in [-0.2, -0.15) is 0 Å². The van der Waals surface area contributed by atoms with Crippen LogP contribution in [0.2, 0.25) is 5.02 Å². The van der Waals surface area contributed by atoms with Crippen molar-refractivity contribution in [2.75, 3.05) is 13.7 Å². The van der Waals surface area contributed by atoms with E-state index in [1.165, 1.54) is 0 Å². The summed E-state index contributed by atoms with van der Waals surface area (Å²) in [7, 11) is 1.63. The van der Waals surface area contributed by atoms with Gasteiger partial charge >= 0.3 is 0 Å². The van der Waals surface area contributed by atoms with Crippen LogP contribution in [-0.4, -0.2) is 25.5 Å². The smallest absolute Gasteiger partial charge is 0.251 e. The number of carbonyl (C=O) groups is 2. The minimum Gasteiger partial charge on any atom is -0.497 e. The molecule has 1 atom stereocenters. The molecule has 0 aliphatic heterocycles. The molecule has 2 rings (SSSR count). The molecule has 0 aliphatic carbocycles. The van der Waals surface area contributed by atoms with Crippen LogP contribution in [0.4, 0.5) is 0 Å². The number of methoxy groups -OCH3 is 1. The zero-order valence-corrected chi connectivity index (χ0v) is 17.3. The Balaban J connectivity index is 1.79. The number of rotatable bonds is 9. The molecule has 6 heteroatoms. The molecule has 2 aromatic rings. The second kappa shape index (κ2) is 10.7. The Kier molecular flexibility index (Phi) is 8.33. The van der Waals surface area contributed by atoms with Gasteiger partial charge in [0.05, 0.1) is 13.2 Å². The highest BCUT2D eigenvalue weighted by atomic mass is 35.5. The highest BCUT2D eigenvalue weighted by Crippen LogP contribution is 2.24. The molecule has 5 nitrogen and oxygen atoms in total. The lowest BCUT2D eigenvalue weighted by atomic mass is 9.95. The van der Waals surface area contributed by atoms with E-state index in [0.29, 0.717) is 30.0 Å². The average Bonchev–Trinajstić information content (AvgIpc) is 2.69. The lowest BCUT2D eigenvalue weighted by Crippen LogP contribution is -2.32. The van der Waals surface area contributed by atoms with Gasteiger partial charge in [-0.05, 0) is 54.3 Å². The summed E-state index contributed by atoms with van der Waals surface area (Å²) in [4.78, 5) is 24.4. The van der Waals surface area contributed by atoms with Gasteiger partial charge in [0.2, 0.25) is 5.91 Å². The Morgan fingerprint density at radius 1 is 1.04 bits per heavy atom. The van der Waals surface area contributed by atoms with Crippen molar-refractivity contribution in [3.63, 3.8) is 0 Å². The van der Waals surface area contributed by atoms with Gasteiger partial charge in [0.1, 0.15) is 5.75 Å². The summed E-state index contributed by atoms with van der Waals surface area (Å²) >= 11 is 5.82. The van der Waals surface area contributed by atoms with E-state index in [4.69, 9.17) is 16.3 Å². The molecule has 0 aromatic heterocycles. The number of halogens is 1. The Labute approximate surface area is 171 Å². The normalized spacial score (nSPS) is 11.8. The Bertz CT molecular complexity index is 773. The molecule has 150 valence electrons. The predicted molar refractivity (Wildman–Crippen MR) is 112 cm³/mol. The first kappa shape index (κ1) is 21.8. The standard InChI is InChI=1S/C22H27ClN2O3/c1-15(2)21(16-8-12-19(28-3)13-9-16)25-20(26)5-4-14-24-22(27)17-6-10-18(23)11-7-17/h6-13,15,21H,4-5,14H2,1-3H3,(H,24,27)(H,25,26). The van der Waals surface area contributed by atoms with Crippen molar-refractivity contribution in [3.8, 4) is 5.75 Å². The zero-order valence-electron chi connectivity index (χ0n) is 16.5. The number of benzene rings is 2. The molecule has 0 aliphatic rings. The van der Waals surface area contributed by atoms with Crippen LogP contribution in [-0.2, 0) is 4.79 Å². The summed E-state index contributed by atoms with van der Waals surface area (Å²) in [5.74, 6) is 0.835. The van der Waals surface area contributed by atoms with E-state index in [1.54, 1.807) is 31.4 Å².